The van der Waals surface area contributed by atoms with Gasteiger partial charge in [0, 0.05) is 23.6 Å². The van der Waals surface area contributed by atoms with Crippen molar-refractivity contribution in [3.05, 3.63) is 35.1 Å². The van der Waals surface area contributed by atoms with Crippen LogP contribution in [0.25, 0.3) is 0 Å². The molecular weight excluding hydrogens is 255 g/mol. The number of halogens is 3. The third-order valence-electron chi connectivity index (χ3n) is 4.11. The van der Waals surface area contributed by atoms with Gasteiger partial charge in [0.1, 0.15) is 0 Å². The Morgan fingerprint density at radius 1 is 1.05 bits per heavy atom. The van der Waals surface area contributed by atoms with Crippen molar-refractivity contribution >= 4 is 5.78 Å². The maximum Gasteiger partial charge on any atom is 0.194 e. The number of carbonyl (C=O) groups excluding carboxylic acids is 1. The van der Waals surface area contributed by atoms with Crippen LogP contribution in [0.5, 0.6) is 0 Å². The Morgan fingerprint density at radius 3 is 2.11 bits per heavy atom. The van der Waals surface area contributed by atoms with E-state index < -0.39 is 17.5 Å². The van der Waals surface area contributed by atoms with Crippen molar-refractivity contribution in [3.63, 3.8) is 0 Å². The summed E-state index contributed by atoms with van der Waals surface area (Å²) < 4.78 is 39.2. The van der Waals surface area contributed by atoms with E-state index in [0.29, 0.717) is 24.9 Å². The maximum absolute atomic E-state index is 13.2. The van der Waals surface area contributed by atoms with Gasteiger partial charge in [-0.25, -0.2) is 13.2 Å². The molecule has 0 aliphatic carbocycles. The molecule has 2 heterocycles. The van der Waals surface area contributed by atoms with E-state index in [-0.39, 0.29) is 17.3 Å². The van der Waals surface area contributed by atoms with Gasteiger partial charge in [0.25, 0.3) is 0 Å². The molecule has 2 unspecified atom stereocenters. The van der Waals surface area contributed by atoms with Crippen molar-refractivity contribution < 1.29 is 18.0 Å². The van der Waals surface area contributed by atoms with Gasteiger partial charge in [-0.2, -0.15) is 0 Å². The van der Waals surface area contributed by atoms with Crippen molar-refractivity contribution in [1.29, 1.82) is 0 Å². The van der Waals surface area contributed by atoms with E-state index in [1.165, 1.54) is 0 Å². The topological polar surface area (TPSA) is 29.1 Å². The highest BCUT2D eigenvalue weighted by Crippen LogP contribution is 2.33. The van der Waals surface area contributed by atoms with E-state index in [1.807, 2.05) is 0 Å². The molecule has 102 valence electrons. The smallest absolute Gasteiger partial charge is 0.194 e. The second-order valence-corrected chi connectivity index (χ2v) is 5.42. The molecule has 2 saturated heterocycles. The summed E-state index contributed by atoms with van der Waals surface area (Å²) in [5.74, 6) is -4.64. The van der Waals surface area contributed by atoms with Crippen LogP contribution in [0.3, 0.4) is 0 Å². The van der Waals surface area contributed by atoms with E-state index in [1.54, 1.807) is 0 Å². The molecule has 0 saturated carbocycles. The normalized spacial score (nSPS) is 29.5. The van der Waals surface area contributed by atoms with Gasteiger partial charge >= 0.3 is 0 Å². The van der Waals surface area contributed by atoms with Crippen LogP contribution < -0.4 is 5.32 Å². The number of rotatable bonds is 2. The van der Waals surface area contributed by atoms with Gasteiger partial charge in [-0.15, -0.1) is 0 Å². The van der Waals surface area contributed by atoms with Crippen LogP contribution in [-0.2, 0) is 0 Å². The zero-order chi connectivity index (χ0) is 13.6. The maximum atomic E-state index is 13.2. The molecule has 0 spiro atoms. The first kappa shape index (κ1) is 12.7. The van der Waals surface area contributed by atoms with Gasteiger partial charge in [0.2, 0.25) is 0 Å². The number of Topliss-reactive ketones (excluding diaryl/α,β-unsaturated/α-hetero) is 1. The minimum atomic E-state index is -1.53. The molecule has 0 radical (unpaired) electrons. The van der Waals surface area contributed by atoms with Gasteiger partial charge < -0.3 is 5.32 Å². The van der Waals surface area contributed by atoms with Crippen molar-refractivity contribution in [1.82, 2.24) is 5.32 Å². The number of benzene rings is 1. The lowest BCUT2D eigenvalue weighted by atomic mass is 9.86. The highest BCUT2D eigenvalue weighted by atomic mass is 19.2. The molecule has 2 atom stereocenters. The van der Waals surface area contributed by atoms with Crippen molar-refractivity contribution in [2.24, 2.45) is 5.92 Å². The predicted molar refractivity (Wildman–Crippen MR) is 63.3 cm³/mol. The summed E-state index contributed by atoms with van der Waals surface area (Å²) in [4.78, 5) is 12.3. The molecule has 2 nitrogen and oxygen atoms in total. The fraction of sp³-hybridized carbons (Fsp3) is 0.500. The number of hydrogen-bond acceptors (Lipinski definition) is 2. The van der Waals surface area contributed by atoms with E-state index in [4.69, 9.17) is 0 Å². The quantitative estimate of drug-likeness (QED) is 0.660. The average Bonchev–Trinajstić information content (AvgIpc) is 2.73. The van der Waals surface area contributed by atoms with Crippen LogP contribution in [0.4, 0.5) is 13.2 Å². The molecule has 0 aromatic heterocycles. The average molecular weight is 269 g/mol. The number of nitrogens with one attached hydrogen (secondary N) is 1. The first-order valence-corrected chi connectivity index (χ1v) is 6.49. The van der Waals surface area contributed by atoms with E-state index in [2.05, 4.69) is 5.32 Å². The molecule has 19 heavy (non-hydrogen) atoms. The van der Waals surface area contributed by atoms with Gasteiger partial charge in [0.05, 0.1) is 0 Å². The molecule has 2 aliphatic rings. The van der Waals surface area contributed by atoms with Crippen LogP contribution in [0, 0.1) is 23.4 Å². The summed E-state index contributed by atoms with van der Waals surface area (Å²) in [5, 5.41) is 3.40. The Hall–Kier alpha value is -1.36. The zero-order valence-corrected chi connectivity index (χ0v) is 10.3. The number of piperidine rings is 1. The van der Waals surface area contributed by atoms with Gasteiger partial charge in [-0.1, -0.05) is 0 Å². The van der Waals surface area contributed by atoms with Crippen LogP contribution in [-0.4, -0.2) is 17.9 Å². The summed E-state index contributed by atoms with van der Waals surface area (Å²) in [7, 11) is 0. The van der Waals surface area contributed by atoms with Gasteiger partial charge in [-0.05, 0) is 37.8 Å². The Balaban J connectivity index is 1.84. The molecule has 5 heteroatoms. The molecule has 2 aliphatic heterocycles. The van der Waals surface area contributed by atoms with Gasteiger partial charge in [-0.3, -0.25) is 4.79 Å². The van der Waals surface area contributed by atoms with Crippen molar-refractivity contribution in [3.8, 4) is 0 Å². The number of hydrogen-bond donors (Lipinski definition) is 1. The molecule has 2 fully saturated rings. The summed E-state index contributed by atoms with van der Waals surface area (Å²) in [6, 6.07) is 2.24. The molecule has 3 rings (SSSR count). The molecule has 2 bridgehead atoms. The van der Waals surface area contributed by atoms with Crippen LogP contribution in [0.2, 0.25) is 0 Å². The van der Waals surface area contributed by atoms with Crippen LogP contribution in [0.1, 0.15) is 36.0 Å². The minimum Gasteiger partial charge on any atom is -0.311 e. The minimum absolute atomic E-state index is 0.0669. The van der Waals surface area contributed by atoms with E-state index in [0.717, 1.165) is 25.0 Å². The second-order valence-electron chi connectivity index (χ2n) is 5.42. The fourth-order valence-corrected chi connectivity index (χ4v) is 3.20. The monoisotopic (exact) mass is 269 g/mol. The van der Waals surface area contributed by atoms with Crippen LogP contribution in [0.15, 0.2) is 12.1 Å². The Bertz CT molecular complexity index is 496. The SMILES string of the molecule is O=C(c1cc(F)c(F)c(F)c1)C1CC2CCC(C1)N2. The fourth-order valence-electron chi connectivity index (χ4n) is 3.20. The lowest BCUT2D eigenvalue weighted by molar-refractivity contribution is 0.0874. The van der Waals surface area contributed by atoms with Crippen LogP contribution >= 0.6 is 0 Å². The van der Waals surface area contributed by atoms with Crippen molar-refractivity contribution in [2.45, 2.75) is 37.8 Å². The zero-order valence-electron chi connectivity index (χ0n) is 10.3. The number of ketones is 1. The first-order chi connectivity index (χ1) is 9.04. The molecule has 1 N–H and O–H groups in total. The Labute approximate surface area is 109 Å². The Morgan fingerprint density at radius 2 is 1.58 bits per heavy atom. The summed E-state index contributed by atoms with van der Waals surface area (Å²) in [6.45, 7) is 0. The lowest BCUT2D eigenvalue weighted by Gasteiger charge is -2.28. The molecule has 1 aromatic rings. The third-order valence-corrected chi connectivity index (χ3v) is 4.11. The van der Waals surface area contributed by atoms with E-state index >= 15 is 0 Å². The molecular formula is C14H14F3NO. The highest BCUT2D eigenvalue weighted by molar-refractivity contribution is 5.98. The summed E-state index contributed by atoms with van der Waals surface area (Å²) in [5.41, 5.74) is -0.0669. The Kier molecular flexibility index (Phi) is 3.09. The second kappa shape index (κ2) is 4.63. The van der Waals surface area contributed by atoms with Crippen molar-refractivity contribution in [2.75, 3.05) is 0 Å². The predicted octanol–water partition coefficient (Wildman–Crippen LogP) is 2.82. The third kappa shape index (κ3) is 2.27. The van der Waals surface area contributed by atoms with E-state index in [9.17, 15) is 18.0 Å². The summed E-state index contributed by atoms with van der Waals surface area (Å²) in [6.07, 6.45) is 3.47. The highest BCUT2D eigenvalue weighted by Gasteiger charge is 2.37. The van der Waals surface area contributed by atoms with Gasteiger partial charge in [0.15, 0.2) is 23.2 Å². The largest absolute Gasteiger partial charge is 0.311 e. The number of carbonyl (C=O) groups is 1. The standard InChI is InChI=1S/C14H14F3NO/c15-11-5-8(6-12(16)13(11)17)14(19)7-3-9-1-2-10(4-7)18-9/h5-7,9-10,18H,1-4H2. The summed E-state index contributed by atoms with van der Waals surface area (Å²) >= 11 is 0. The first-order valence-electron chi connectivity index (χ1n) is 6.49. The molecule has 0 amide bonds. The number of fused-ring (bicyclic) bond motifs is 2. The molecule has 1 aromatic carbocycles. The lowest BCUT2D eigenvalue weighted by Crippen LogP contribution is -2.40.